The van der Waals surface area contributed by atoms with E-state index in [-0.39, 0.29) is 11.2 Å². The molecule has 0 bridgehead atoms. The molecule has 80 valence electrons. The summed E-state index contributed by atoms with van der Waals surface area (Å²) < 4.78 is 14.2. The van der Waals surface area contributed by atoms with Crippen LogP contribution in [0.5, 0.6) is 0 Å². The first-order chi connectivity index (χ1) is 6.91. The summed E-state index contributed by atoms with van der Waals surface area (Å²) in [6, 6.07) is 5.04. The molecule has 0 N–H and O–H groups in total. The maximum atomic E-state index is 13.5. The first-order valence-corrected chi connectivity index (χ1v) is 5.97. The summed E-state index contributed by atoms with van der Waals surface area (Å²) in [5, 5.41) is 1.52. The third kappa shape index (κ3) is 1.77. The zero-order valence-corrected chi connectivity index (χ0v) is 10.5. The van der Waals surface area contributed by atoms with Gasteiger partial charge in [-0.15, -0.1) is 11.3 Å². The minimum Gasteiger partial charge on any atom is -0.205 e. The minimum atomic E-state index is -0.185. The van der Waals surface area contributed by atoms with Crippen LogP contribution in [0.2, 0.25) is 5.02 Å². The Bertz CT molecular complexity index is 508. The Morgan fingerprint density at radius 1 is 1.27 bits per heavy atom. The standard InChI is InChI=1S/C12H12ClFS/c1-12(2,3)11-9(13)7-5-4-6-8(14)10(7)15-11/h4-6H,1-3H3. The molecule has 3 heteroatoms. The summed E-state index contributed by atoms with van der Waals surface area (Å²) in [5.74, 6) is -0.185. The molecule has 1 heterocycles. The SMILES string of the molecule is CC(C)(C)c1sc2c(F)cccc2c1Cl. The van der Waals surface area contributed by atoms with Crippen LogP contribution >= 0.6 is 22.9 Å². The fourth-order valence-corrected chi connectivity index (χ4v) is 3.31. The van der Waals surface area contributed by atoms with Crippen LogP contribution in [0.3, 0.4) is 0 Å². The highest BCUT2D eigenvalue weighted by atomic mass is 35.5. The van der Waals surface area contributed by atoms with Gasteiger partial charge in [0.25, 0.3) is 0 Å². The number of hydrogen-bond acceptors (Lipinski definition) is 1. The van der Waals surface area contributed by atoms with Crippen LogP contribution in [0.4, 0.5) is 4.39 Å². The molecule has 0 radical (unpaired) electrons. The number of benzene rings is 1. The van der Waals surface area contributed by atoms with Crippen LogP contribution in [-0.4, -0.2) is 0 Å². The molecule has 1 aromatic heterocycles. The second-order valence-electron chi connectivity index (χ2n) is 4.61. The van der Waals surface area contributed by atoms with Crippen molar-refractivity contribution in [2.75, 3.05) is 0 Å². The lowest BCUT2D eigenvalue weighted by molar-refractivity contribution is 0.604. The van der Waals surface area contributed by atoms with Crippen molar-refractivity contribution in [3.05, 3.63) is 33.9 Å². The van der Waals surface area contributed by atoms with Gasteiger partial charge in [-0.05, 0) is 11.5 Å². The average molecular weight is 243 g/mol. The molecule has 15 heavy (non-hydrogen) atoms. The van der Waals surface area contributed by atoms with E-state index in [1.165, 1.54) is 17.4 Å². The highest BCUT2D eigenvalue weighted by Crippen LogP contribution is 2.42. The van der Waals surface area contributed by atoms with Gasteiger partial charge in [-0.25, -0.2) is 4.39 Å². The predicted octanol–water partition coefficient (Wildman–Crippen LogP) is 4.99. The largest absolute Gasteiger partial charge is 0.205 e. The Morgan fingerprint density at radius 3 is 2.47 bits per heavy atom. The van der Waals surface area contributed by atoms with Crippen LogP contribution in [0.25, 0.3) is 10.1 Å². The zero-order valence-electron chi connectivity index (χ0n) is 8.90. The summed E-state index contributed by atoms with van der Waals surface area (Å²) >= 11 is 7.71. The molecule has 0 aliphatic carbocycles. The summed E-state index contributed by atoms with van der Waals surface area (Å²) in [7, 11) is 0. The first-order valence-electron chi connectivity index (χ1n) is 4.78. The van der Waals surface area contributed by atoms with Gasteiger partial charge in [0.05, 0.1) is 9.72 Å². The molecule has 2 aromatic rings. The molecule has 0 saturated heterocycles. The number of thiophene rings is 1. The molecular weight excluding hydrogens is 231 g/mol. The van der Waals surface area contributed by atoms with Crippen molar-refractivity contribution < 1.29 is 4.39 Å². The fraction of sp³-hybridized carbons (Fsp3) is 0.333. The highest BCUT2D eigenvalue weighted by Gasteiger charge is 2.22. The lowest BCUT2D eigenvalue weighted by Crippen LogP contribution is -2.08. The molecular formula is C12H12ClFS. The molecule has 0 saturated carbocycles. The van der Waals surface area contributed by atoms with Crippen molar-refractivity contribution in [1.29, 1.82) is 0 Å². The van der Waals surface area contributed by atoms with Gasteiger partial charge in [-0.3, -0.25) is 0 Å². The molecule has 0 amide bonds. The Kier molecular flexibility index (Phi) is 2.52. The van der Waals surface area contributed by atoms with Crippen molar-refractivity contribution >= 4 is 33.0 Å². The Balaban J connectivity index is 2.81. The van der Waals surface area contributed by atoms with Crippen molar-refractivity contribution in [1.82, 2.24) is 0 Å². The minimum absolute atomic E-state index is 0.0345. The molecule has 0 unspecified atom stereocenters. The summed E-state index contributed by atoms with van der Waals surface area (Å²) in [6.45, 7) is 6.25. The third-order valence-corrected chi connectivity index (χ3v) is 4.43. The third-order valence-electron chi connectivity index (χ3n) is 2.29. The molecule has 0 nitrogen and oxygen atoms in total. The van der Waals surface area contributed by atoms with E-state index in [0.29, 0.717) is 9.72 Å². The van der Waals surface area contributed by atoms with E-state index in [2.05, 4.69) is 20.8 Å². The van der Waals surface area contributed by atoms with Crippen LogP contribution in [0.1, 0.15) is 25.6 Å². The average Bonchev–Trinajstić information content (AvgIpc) is 2.45. The predicted molar refractivity (Wildman–Crippen MR) is 65.5 cm³/mol. The number of halogens is 2. The summed E-state index contributed by atoms with van der Waals surface area (Å²) in [5.41, 5.74) is -0.0345. The quantitative estimate of drug-likeness (QED) is 0.611. The number of hydrogen-bond donors (Lipinski definition) is 0. The van der Waals surface area contributed by atoms with Crippen molar-refractivity contribution in [3.63, 3.8) is 0 Å². The molecule has 0 spiro atoms. The second-order valence-corrected chi connectivity index (χ2v) is 6.01. The van der Waals surface area contributed by atoms with Crippen LogP contribution in [0, 0.1) is 5.82 Å². The Labute approximate surface area is 97.7 Å². The molecule has 0 fully saturated rings. The van der Waals surface area contributed by atoms with E-state index in [0.717, 1.165) is 10.3 Å². The second kappa shape index (κ2) is 3.46. The van der Waals surface area contributed by atoms with Gasteiger partial charge >= 0.3 is 0 Å². The lowest BCUT2D eigenvalue weighted by atomic mass is 9.94. The van der Waals surface area contributed by atoms with Gasteiger partial charge in [0.2, 0.25) is 0 Å². The normalized spacial score (nSPS) is 12.3. The topological polar surface area (TPSA) is 0 Å². The first kappa shape index (κ1) is 10.9. The monoisotopic (exact) mass is 242 g/mol. The molecule has 0 aliphatic heterocycles. The van der Waals surface area contributed by atoms with Gasteiger partial charge in [-0.1, -0.05) is 44.5 Å². The van der Waals surface area contributed by atoms with Crippen molar-refractivity contribution in [2.45, 2.75) is 26.2 Å². The van der Waals surface area contributed by atoms with Crippen LogP contribution in [0.15, 0.2) is 18.2 Å². The Morgan fingerprint density at radius 2 is 1.93 bits per heavy atom. The Hall–Kier alpha value is -0.600. The van der Waals surface area contributed by atoms with E-state index in [9.17, 15) is 4.39 Å². The van der Waals surface area contributed by atoms with E-state index < -0.39 is 0 Å². The maximum absolute atomic E-state index is 13.5. The van der Waals surface area contributed by atoms with Gasteiger partial charge < -0.3 is 0 Å². The lowest BCUT2D eigenvalue weighted by Gasteiger charge is -2.16. The summed E-state index contributed by atoms with van der Waals surface area (Å²) in [4.78, 5) is 1.05. The fourth-order valence-electron chi connectivity index (χ4n) is 1.54. The van der Waals surface area contributed by atoms with Crippen LogP contribution in [-0.2, 0) is 5.41 Å². The maximum Gasteiger partial charge on any atom is 0.141 e. The number of fused-ring (bicyclic) bond motifs is 1. The zero-order chi connectivity index (χ0) is 11.2. The molecule has 1 aromatic carbocycles. The molecule has 2 rings (SSSR count). The van der Waals surface area contributed by atoms with Crippen molar-refractivity contribution in [2.24, 2.45) is 0 Å². The van der Waals surface area contributed by atoms with Gasteiger partial charge in [0.1, 0.15) is 5.82 Å². The van der Waals surface area contributed by atoms with Gasteiger partial charge in [-0.2, -0.15) is 0 Å². The summed E-state index contributed by atoms with van der Waals surface area (Å²) in [6.07, 6.45) is 0. The van der Waals surface area contributed by atoms with E-state index in [1.54, 1.807) is 6.07 Å². The van der Waals surface area contributed by atoms with E-state index >= 15 is 0 Å². The van der Waals surface area contributed by atoms with Crippen molar-refractivity contribution in [3.8, 4) is 0 Å². The van der Waals surface area contributed by atoms with E-state index in [4.69, 9.17) is 11.6 Å². The smallest absolute Gasteiger partial charge is 0.141 e. The number of rotatable bonds is 0. The van der Waals surface area contributed by atoms with Gasteiger partial charge in [0, 0.05) is 10.3 Å². The molecule has 0 aliphatic rings. The van der Waals surface area contributed by atoms with Crippen LogP contribution < -0.4 is 0 Å². The van der Waals surface area contributed by atoms with Gasteiger partial charge in [0.15, 0.2) is 0 Å². The molecule has 0 atom stereocenters. The highest BCUT2D eigenvalue weighted by molar-refractivity contribution is 7.20. The van der Waals surface area contributed by atoms with E-state index in [1.807, 2.05) is 6.07 Å².